The van der Waals surface area contributed by atoms with Crippen molar-refractivity contribution in [3.8, 4) is 0 Å². The number of carbonyl (C=O) groups excluding carboxylic acids is 1. The van der Waals surface area contributed by atoms with Gasteiger partial charge in [0.1, 0.15) is 0 Å². The van der Waals surface area contributed by atoms with Gasteiger partial charge < -0.3 is 11.1 Å². The Morgan fingerprint density at radius 1 is 1.26 bits per heavy atom. The molecule has 0 radical (unpaired) electrons. The van der Waals surface area contributed by atoms with Gasteiger partial charge in [-0.3, -0.25) is 4.79 Å². The van der Waals surface area contributed by atoms with Crippen LogP contribution < -0.4 is 11.1 Å². The van der Waals surface area contributed by atoms with Gasteiger partial charge in [-0.15, -0.1) is 22.7 Å². The van der Waals surface area contributed by atoms with Crippen LogP contribution in [0.4, 0.5) is 0 Å². The lowest BCUT2D eigenvalue weighted by molar-refractivity contribution is -0.123. The first kappa shape index (κ1) is 14.2. The van der Waals surface area contributed by atoms with Crippen LogP contribution in [-0.4, -0.2) is 11.9 Å². The first-order valence-corrected chi connectivity index (χ1v) is 8.11. The van der Waals surface area contributed by atoms with E-state index in [1.54, 1.807) is 22.7 Å². The fourth-order valence-electron chi connectivity index (χ4n) is 1.88. The third kappa shape index (κ3) is 3.65. The Labute approximate surface area is 121 Å². The molecule has 0 saturated carbocycles. The number of hydrogen-bond donors (Lipinski definition) is 2. The summed E-state index contributed by atoms with van der Waals surface area (Å²) in [5.41, 5.74) is 5.88. The molecular formula is C14H18N2OS2. The Morgan fingerprint density at radius 2 is 1.84 bits per heavy atom. The van der Waals surface area contributed by atoms with Gasteiger partial charge in [0.25, 0.3) is 0 Å². The minimum atomic E-state index is -0.424. The number of nitrogens with two attached hydrogens (primary N) is 1. The molecule has 19 heavy (non-hydrogen) atoms. The van der Waals surface area contributed by atoms with Crippen molar-refractivity contribution >= 4 is 28.6 Å². The second-order valence-corrected chi connectivity index (χ2v) is 6.33. The van der Waals surface area contributed by atoms with Crippen LogP contribution in [0.15, 0.2) is 35.0 Å². The molecule has 1 atom stereocenters. The molecule has 0 spiro atoms. The number of carbonyl (C=O) groups is 1. The standard InChI is InChI=1S/C14H18N2OS2/c1-2-5-10(15)14(17)16-13(11-6-3-8-18-11)12-7-4-9-19-12/h3-4,6-10,13H,2,5,15H2,1H3,(H,16,17). The summed E-state index contributed by atoms with van der Waals surface area (Å²) in [5.74, 6) is -0.0753. The van der Waals surface area contributed by atoms with Crippen molar-refractivity contribution < 1.29 is 4.79 Å². The Hall–Kier alpha value is -1.17. The van der Waals surface area contributed by atoms with Gasteiger partial charge in [-0.2, -0.15) is 0 Å². The van der Waals surface area contributed by atoms with Gasteiger partial charge in [0.15, 0.2) is 0 Å². The van der Waals surface area contributed by atoms with E-state index < -0.39 is 6.04 Å². The molecule has 0 aliphatic heterocycles. The van der Waals surface area contributed by atoms with Crippen LogP contribution in [0.2, 0.25) is 0 Å². The van der Waals surface area contributed by atoms with Crippen molar-refractivity contribution in [2.24, 2.45) is 5.73 Å². The number of amides is 1. The summed E-state index contributed by atoms with van der Waals surface area (Å²) >= 11 is 3.29. The summed E-state index contributed by atoms with van der Waals surface area (Å²) in [5, 5.41) is 7.11. The molecule has 0 bridgehead atoms. The molecule has 0 fully saturated rings. The lowest BCUT2D eigenvalue weighted by atomic mass is 10.1. The van der Waals surface area contributed by atoms with E-state index in [0.29, 0.717) is 6.42 Å². The minimum Gasteiger partial charge on any atom is -0.342 e. The summed E-state index contributed by atoms with van der Waals surface area (Å²) in [7, 11) is 0. The number of thiophene rings is 2. The number of hydrogen-bond acceptors (Lipinski definition) is 4. The monoisotopic (exact) mass is 294 g/mol. The maximum absolute atomic E-state index is 12.1. The molecule has 3 nitrogen and oxygen atoms in total. The maximum atomic E-state index is 12.1. The number of nitrogens with one attached hydrogen (secondary N) is 1. The largest absolute Gasteiger partial charge is 0.342 e. The molecule has 102 valence electrons. The van der Waals surface area contributed by atoms with Gasteiger partial charge in [0.05, 0.1) is 12.1 Å². The van der Waals surface area contributed by atoms with E-state index >= 15 is 0 Å². The van der Waals surface area contributed by atoms with E-state index in [-0.39, 0.29) is 11.9 Å². The zero-order chi connectivity index (χ0) is 13.7. The van der Waals surface area contributed by atoms with E-state index in [1.165, 1.54) is 0 Å². The van der Waals surface area contributed by atoms with Crippen LogP contribution in [0.1, 0.15) is 35.6 Å². The fourth-order valence-corrected chi connectivity index (χ4v) is 3.55. The smallest absolute Gasteiger partial charge is 0.237 e. The zero-order valence-electron chi connectivity index (χ0n) is 10.8. The molecule has 2 rings (SSSR count). The van der Waals surface area contributed by atoms with Crippen LogP contribution in [0, 0.1) is 0 Å². The lowest BCUT2D eigenvalue weighted by Gasteiger charge is -2.19. The van der Waals surface area contributed by atoms with Gasteiger partial charge in [-0.1, -0.05) is 25.5 Å². The van der Waals surface area contributed by atoms with Crippen molar-refractivity contribution in [3.05, 3.63) is 44.8 Å². The zero-order valence-corrected chi connectivity index (χ0v) is 12.5. The molecular weight excluding hydrogens is 276 g/mol. The summed E-state index contributed by atoms with van der Waals surface area (Å²) < 4.78 is 0. The molecule has 1 amide bonds. The first-order chi connectivity index (χ1) is 9.22. The molecule has 3 N–H and O–H groups in total. The molecule has 5 heteroatoms. The van der Waals surface area contributed by atoms with E-state index in [1.807, 2.05) is 41.9 Å². The highest BCUT2D eigenvalue weighted by molar-refractivity contribution is 7.11. The Kier molecular flexibility index (Phi) is 5.13. The van der Waals surface area contributed by atoms with Crippen molar-refractivity contribution in [1.29, 1.82) is 0 Å². The highest BCUT2D eigenvalue weighted by Crippen LogP contribution is 2.29. The second-order valence-electron chi connectivity index (χ2n) is 4.37. The van der Waals surface area contributed by atoms with E-state index in [9.17, 15) is 4.79 Å². The average molecular weight is 294 g/mol. The maximum Gasteiger partial charge on any atom is 0.237 e. The Balaban J connectivity index is 2.14. The SMILES string of the molecule is CCCC(N)C(=O)NC(c1cccs1)c1cccs1. The predicted molar refractivity (Wildman–Crippen MR) is 81.5 cm³/mol. The molecule has 0 aliphatic carbocycles. The molecule has 2 aromatic rings. The van der Waals surface area contributed by atoms with Crippen LogP contribution in [0.3, 0.4) is 0 Å². The van der Waals surface area contributed by atoms with E-state index in [4.69, 9.17) is 5.73 Å². The third-order valence-electron chi connectivity index (χ3n) is 2.88. The lowest BCUT2D eigenvalue weighted by Crippen LogP contribution is -2.42. The van der Waals surface area contributed by atoms with Crippen molar-refractivity contribution in [1.82, 2.24) is 5.32 Å². The minimum absolute atomic E-state index is 0.0737. The van der Waals surface area contributed by atoms with Gasteiger partial charge in [-0.25, -0.2) is 0 Å². The quantitative estimate of drug-likeness (QED) is 0.860. The number of rotatable bonds is 6. The van der Waals surface area contributed by atoms with Crippen LogP contribution >= 0.6 is 22.7 Å². The molecule has 2 aromatic heterocycles. The van der Waals surface area contributed by atoms with E-state index in [2.05, 4.69) is 5.32 Å². The highest BCUT2D eigenvalue weighted by Gasteiger charge is 2.21. The van der Waals surface area contributed by atoms with Crippen LogP contribution in [0.5, 0.6) is 0 Å². The summed E-state index contributed by atoms with van der Waals surface area (Å²) in [6.07, 6.45) is 1.63. The van der Waals surface area contributed by atoms with Crippen molar-refractivity contribution in [2.45, 2.75) is 31.8 Å². The molecule has 0 aliphatic rings. The summed E-state index contributed by atoms with van der Waals surface area (Å²) in [4.78, 5) is 14.4. The van der Waals surface area contributed by atoms with Gasteiger partial charge in [0.2, 0.25) is 5.91 Å². The van der Waals surface area contributed by atoms with Crippen molar-refractivity contribution in [3.63, 3.8) is 0 Å². The molecule has 0 saturated heterocycles. The van der Waals surface area contributed by atoms with Crippen LogP contribution in [-0.2, 0) is 4.79 Å². The Morgan fingerprint density at radius 3 is 2.26 bits per heavy atom. The second kappa shape index (κ2) is 6.84. The average Bonchev–Trinajstić information content (AvgIpc) is 3.09. The topological polar surface area (TPSA) is 55.1 Å². The highest BCUT2D eigenvalue weighted by atomic mass is 32.1. The fraction of sp³-hybridized carbons (Fsp3) is 0.357. The predicted octanol–water partition coefficient (Wildman–Crippen LogP) is 3.14. The van der Waals surface area contributed by atoms with Gasteiger partial charge in [-0.05, 0) is 29.3 Å². The van der Waals surface area contributed by atoms with Crippen LogP contribution in [0.25, 0.3) is 0 Å². The summed E-state index contributed by atoms with van der Waals surface area (Å²) in [6.45, 7) is 2.03. The Bertz CT molecular complexity index is 459. The van der Waals surface area contributed by atoms with Gasteiger partial charge >= 0.3 is 0 Å². The van der Waals surface area contributed by atoms with E-state index in [0.717, 1.165) is 16.2 Å². The molecule has 0 aromatic carbocycles. The molecule has 1 unspecified atom stereocenters. The third-order valence-corrected chi connectivity index (χ3v) is 4.75. The van der Waals surface area contributed by atoms with Crippen molar-refractivity contribution in [2.75, 3.05) is 0 Å². The first-order valence-electron chi connectivity index (χ1n) is 6.35. The summed E-state index contributed by atoms with van der Waals surface area (Å²) in [6, 6.07) is 7.58. The normalized spacial score (nSPS) is 12.6. The van der Waals surface area contributed by atoms with Gasteiger partial charge in [0, 0.05) is 9.75 Å². The molecule has 2 heterocycles.